The quantitative estimate of drug-likeness (QED) is 0.748. The summed E-state index contributed by atoms with van der Waals surface area (Å²) >= 11 is 3.36. The van der Waals surface area contributed by atoms with Gasteiger partial charge in [-0.25, -0.2) is 0 Å². The number of rotatable bonds is 3. The van der Waals surface area contributed by atoms with Crippen LogP contribution in [-0.4, -0.2) is 10.2 Å². The maximum Gasteiger partial charge on any atom is 0.0577 e. The van der Waals surface area contributed by atoms with E-state index in [1.54, 1.807) is 6.20 Å². The highest BCUT2D eigenvalue weighted by Crippen LogP contribution is 2.23. The molecule has 0 bridgehead atoms. The highest BCUT2D eigenvalue weighted by atomic mass is 79.9. The predicted octanol–water partition coefficient (Wildman–Crippen LogP) is 2.37. The molecule has 4 N–H and O–H groups in total. The van der Waals surface area contributed by atoms with Gasteiger partial charge in [-0.3, -0.25) is 5.10 Å². The van der Waals surface area contributed by atoms with E-state index in [-0.39, 0.29) is 0 Å². The van der Waals surface area contributed by atoms with Crippen molar-refractivity contribution in [1.29, 1.82) is 0 Å². The fourth-order valence-electron chi connectivity index (χ4n) is 1.27. The number of nitrogens with two attached hydrogens (primary N) is 1. The summed E-state index contributed by atoms with van der Waals surface area (Å²) in [5.74, 6) is 0. The van der Waals surface area contributed by atoms with Crippen molar-refractivity contribution in [2.45, 2.75) is 6.54 Å². The van der Waals surface area contributed by atoms with Crippen LogP contribution in [0.4, 0.5) is 11.4 Å². The summed E-state index contributed by atoms with van der Waals surface area (Å²) in [6, 6.07) is 7.68. The number of anilines is 2. The smallest absolute Gasteiger partial charge is 0.0577 e. The highest BCUT2D eigenvalue weighted by Gasteiger charge is 1.99. The molecule has 2 rings (SSSR count). The SMILES string of the molecule is Nc1cc(Br)ccc1NCc1ccn[nH]1. The summed E-state index contributed by atoms with van der Waals surface area (Å²) in [7, 11) is 0. The molecule has 4 nitrogen and oxygen atoms in total. The van der Waals surface area contributed by atoms with Crippen LogP contribution in [0.3, 0.4) is 0 Å². The number of hydrogen-bond acceptors (Lipinski definition) is 3. The lowest BCUT2D eigenvalue weighted by Gasteiger charge is -2.08. The molecule has 2 aromatic rings. The molecule has 0 fully saturated rings. The molecule has 0 aliphatic rings. The van der Waals surface area contributed by atoms with E-state index in [2.05, 4.69) is 31.4 Å². The maximum absolute atomic E-state index is 5.84. The van der Waals surface area contributed by atoms with Gasteiger partial charge in [-0.2, -0.15) is 5.10 Å². The molecule has 0 unspecified atom stereocenters. The Morgan fingerprint density at radius 2 is 2.27 bits per heavy atom. The van der Waals surface area contributed by atoms with Crippen LogP contribution in [0.2, 0.25) is 0 Å². The molecule has 0 radical (unpaired) electrons. The molecule has 0 saturated carbocycles. The normalized spacial score (nSPS) is 10.2. The van der Waals surface area contributed by atoms with Gasteiger partial charge < -0.3 is 11.1 Å². The van der Waals surface area contributed by atoms with Crippen LogP contribution in [0, 0.1) is 0 Å². The first kappa shape index (κ1) is 10.0. The second-order valence-corrected chi connectivity index (χ2v) is 4.08. The zero-order valence-electron chi connectivity index (χ0n) is 8.00. The molecule has 0 aliphatic carbocycles. The van der Waals surface area contributed by atoms with Gasteiger partial charge in [0.1, 0.15) is 0 Å². The Kier molecular flexibility index (Phi) is 2.91. The molecule has 0 saturated heterocycles. The van der Waals surface area contributed by atoms with Crippen LogP contribution in [-0.2, 0) is 6.54 Å². The molecule has 5 heteroatoms. The molecule has 0 amide bonds. The lowest BCUT2D eigenvalue weighted by Crippen LogP contribution is -2.02. The van der Waals surface area contributed by atoms with Crippen LogP contribution in [0.5, 0.6) is 0 Å². The maximum atomic E-state index is 5.84. The third-order valence-electron chi connectivity index (χ3n) is 2.04. The van der Waals surface area contributed by atoms with Crippen LogP contribution in [0.25, 0.3) is 0 Å². The first-order valence-corrected chi connectivity index (χ1v) is 5.32. The first-order valence-electron chi connectivity index (χ1n) is 4.53. The zero-order valence-corrected chi connectivity index (χ0v) is 9.58. The number of nitrogen functional groups attached to an aromatic ring is 1. The zero-order chi connectivity index (χ0) is 10.7. The standard InChI is InChI=1S/C10H11BrN4/c11-7-1-2-10(9(12)5-7)13-6-8-3-4-14-15-8/h1-5,13H,6,12H2,(H,14,15). The fourth-order valence-corrected chi connectivity index (χ4v) is 1.65. The van der Waals surface area contributed by atoms with E-state index in [1.165, 1.54) is 0 Å². The Bertz CT molecular complexity index is 439. The number of halogens is 1. The van der Waals surface area contributed by atoms with Crippen molar-refractivity contribution < 1.29 is 0 Å². The molecule has 1 heterocycles. The number of hydrogen-bond donors (Lipinski definition) is 3. The third kappa shape index (κ3) is 2.50. The Hall–Kier alpha value is -1.49. The summed E-state index contributed by atoms with van der Waals surface area (Å²) in [5, 5.41) is 9.97. The molecule has 15 heavy (non-hydrogen) atoms. The van der Waals surface area contributed by atoms with E-state index in [1.807, 2.05) is 24.3 Å². The summed E-state index contributed by atoms with van der Waals surface area (Å²) in [5.41, 5.74) is 8.52. The second kappa shape index (κ2) is 4.35. The summed E-state index contributed by atoms with van der Waals surface area (Å²) in [4.78, 5) is 0. The predicted molar refractivity (Wildman–Crippen MR) is 64.5 cm³/mol. The van der Waals surface area contributed by atoms with E-state index in [9.17, 15) is 0 Å². The van der Waals surface area contributed by atoms with Gasteiger partial charge in [-0.15, -0.1) is 0 Å². The van der Waals surface area contributed by atoms with Crippen molar-refractivity contribution in [3.63, 3.8) is 0 Å². The van der Waals surface area contributed by atoms with Crippen molar-refractivity contribution in [2.24, 2.45) is 0 Å². The minimum Gasteiger partial charge on any atom is -0.397 e. The Morgan fingerprint density at radius 1 is 1.40 bits per heavy atom. The first-order chi connectivity index (χ1) is 7.25. The van der Waals surface area contributed by atoms with Gasteiger partial charge in [0.25, 0.3) is 0 Å². The average molecular weight is 267 g/mol. The van der Waals surface area contributed by atoms with Gasteiger partial charge in [-0.05, 0) is 24.3 Å². The number of benzene rings is 1. The molecule has 0 spiro atoms. The lowest BCUT2D eigenvalue weighted by atomic mass is 10.2. The minimum atomic E-state index is 0.686. The summed E-state index contributed by atoms with van der Waals surface area (Å²) in [6.07, 6.45) is 1.72. The number of nitrogens with one attached hydrogen (secondary N) is 2. The molecule has 0 aliphatic heterocycles. The van der Waals surface area contributed by atoms with E-state index in [4.69, 9.17) is 5.73 Å². The van der Waals surface area contributed by atoms with E-state index >= 15 is 0 Å². The van der Waals surface area contributed by atoms with Crippen molar-refractivity contribution >= 4 is 27.3 Å². The van der Waals surface area contributed by atoms with Crippen molar-refractivity contribution in [2.75, 3.05) is 11.1 Å². The molecule has 0 atom stereocenters. The van der Waals surface area contributed by atoms with E-state index < -0.39 is 0 Å². The van der Waals surface area contributed by atoms with Crippen molar-refractivity contribution in [3.8, 4) is 0 Å². The largest absolute Gasteiger partial charge is 0.397 e. The minimum absolute atomic E-state index is 0.686. The number of H-pyrrole nitrogens is 1. The van der Waals surface area contributed by atoms with E-state index in [0.29, 0.717) is 6.54 Å². The van der Waals surface area contributed by atoms with Gasteiger partial charge in [0, 0.05) is 10.7 Å². The van der Waals surface area contributed by atoms with Gasteiger partial charge in [0.2, 0.25) is 0 Å². The molecule has 1 aromatic carbocycles. The molecule has 78 valence electrons. The van der Waals surface area contributed by atoms with Gasteiger partial charge in [-0.1, -0.05) is 15.9 Å². The second-order valence-electron chi connectivity index (χ2n) is 3.17. The third-order valence-corrected chi connectivity index (χ3v) is 2.53. The molecular formula is C10H11BrN4. The molecular weight excluding hydrogens is 256 g/mol. The van der Waals surface area contributed by atoms with E-state index in [0.717, 1.165) is 21.5 Å². The Labute approximate surface area is 96.0 Å². The molecule has 1 aromatic heterocycles. The topological polar surface area (TPSA) is 66.7 Å². The van der Waals surface area contributed by atoms with Crippen LogP contribution in [0.1, 0.15) is 5.69 Å². The summed E-state index contributed by atoms with van der Waals surface area (Å²) in [6.45, 7) is 0.686. The number of nitrogens with zero attached hydrogens (tertiary/aromatic N) is 1. The van der Waals surface area contributed by atoms with Crippen molar-refractivity contribution in [1.82, 2.24) is 10.2 Å². The Morgan fingerprint density at radius 3 is 2.93 bits per heavy atom. The fraction of sp³-hybridized carbons (Fsp3) is 0.100. The monoisotopic (exact) mass is 266 g/mol. The Balaban J connectivity index is 2.05. The van der Waals surface area contributed by atoms with Crippen LogP contribution < -0.4 is 11.1 Å². The highest BCUT2D eigenvalue weighted by molar-refractivity contribution is 9.10. The number of aromatic nitrogens is 2. The average Bonchev–Trinajstić information content (AvgIpc) is 2.69. The lowest BCUT2D eigenvalue weighted by molar-refractivity contribution is 0.982. The van der Waals surface area contributed by atoms with Gasteiger partial charge in [0.05, 0.1) is 23.6 Å². The van der Waals surface area contributed by atoms with Crippen LogP contribution >= 0.6 is 15.9 Å². The summed E-state index contributed by atoms with van der Waals surface area (Å²) < 4.78 is 0.979. The van der Waals surface area contributed by atoms with Gasteiger partial charge in [0.15, 0.2) is 0 Å². The van der Waals surface area contributed by atoms with Gasteiger partial charge >= 0.3 is 0 Å². The van der Waals surface area contributed by atoms with Crippen molar-refractivity contribution in [3.05, 3.63) is 40.6 Å². The van der Waals surface area contributed by atoms with Crippen LogP contribution in [0.15, 0.2) is 34.9 Å². The number of aromatic amines is 1.